The van der Waals surface area contributed by atoms with Gasteiger partial charge in [-0.2, -0.15) is 0 Å². The minimum atomic E-state index is 0.0763. The van der Waals surface area contributed by atoms with E-state index in [4.69, 9.17) is 9.47 Å². The van der Waals surface area contributed by atoms with Gasteiger partial charge in [-0.05, 0) is 43.7 Å². The Morgan fingerprint density at radius 2 is 2.13 bits per heavy atom. The van der Waals surface area contributed by atoms with Crippen molar-refractivity contribution < 1.29 is 14.3 Å². The van der Waals surface area contributed by atoms with Crippen molar-refractivity contribution in [2.24, 2.45) is 11.8 Å². The summed E-state index contributed by atoms with van der Waals surface area (Å²) in [6.07, 6.45) is 4.47. The van der Waals surface area contributed by atoms with Crippen molar-refractivity contribution in [3.63, 3.8) is 0 Å². The molecule has 0 radical (unpaired) electrons. The second kappa shape index (κ2) is 8.87. The highest BCUT2D eigenvalue weighted by Crippen LogP contribution is 2.16. The second-order valence-corrected chi connectivity index (χ2v) is 6.66. The van der Waals surface area contributed by atoms with Crippen LogP contribution in [0.2, 0.25) is 0 Å². The van der Waals surface area contributed by atoms with Crippen molar-refractivity contribution >= 4 is 5.91 Å². The number of rotatable bonds is 7. The topological polar surface area (TPSA) is 60.5 Å². The van der Waals surface area contributed by atoms with E-state index in [0.717, 1.165) is 24.8 Å². The number of aromatic nitrogens is 1. The lowest BCUT2D eigenvalue weighted by Crippen LogP contribution is -2.33. The van der Waals surface area contributed by atoms with Crippen LogP contribution in [0.25, 0.3) is 0 Å². The molecule has 0 spiro atoms. The standard InChI is InChI=1S/C18H28N2O3/c1-13(2)10-14(3)23-17-11-15(4-7-19-17)12-20-18(21)16-5-8-22-9-6-16/h4,7,11,13-14,16H,5-6,8-10,12H2,1-3H3,(H,20,21)/t14-/m1/s1. The fourth-order valence-electron chi connectivity index (χ4n) is 2.84. The first-order valence-electron chi connectivity index (χ1n) is 8.51. The zero-order valence-corrected chi connectivity index (χ0v) is 14.4. The van der Waals surface area contributed by atoms with Crippen molar-refractivity contribution in [1.29, 1.82) is 0 Å². The molecule has 1 amide bonds. The Balaban J connectivity index is 1.83. The fourth-order valence-corrected chi connectivity index (χ4v) is 2.84. The van der Waals surface area contributed by atoms with Gasteiger partial charge in [0.15, 0.2) is 0 Å². The molecule has 1 aromatic heterocycles. The largest absolute Gasteiger partial charge is 0.475 e. The highest BCUT2D eigenvalue weighted by Gasteiger charge is 2.21. The molecule has 5 nitrogen and oxygen atoms in total. The van der Waals surface area contributed by atoms with E-state index in [2.05, 4.69) is 31.1 Å². The number of hydrogen-bond acceptors (Lipinski definition) is 4. The Hall–Kier alpha value is -1.62. The van der Waals surface area contributed by atoms with E-state index in [1.54, 1.807) is 6.20 Å². The molecule has 0 unspecified atom stereocenters. The molecule has 5 heteroatoms. The first-order valence-corrected chi connectivity index (χ1v) is 8.51. The van der Waals surface area contributed by atoms with Gasteiger partial charge >= 0.3 is 0 Å². The molecule has 1 aliphatic rings. The van der Waals surface area contributed by atoms with Gasteiger partial charge in [0.1, 0.15) is 0 Å². The van der Waals surface area contributed by atoms with Crippen LogP contribution in [0.15, 0.2) is 18.3 Å². The second-order valence-electron chi connectivity index (χ2n) is 6.66. The molecule has 128 valence electrons. The lowest BCUT2D eigenvalue weighted by molar-refractivity contribution is -0.128. The molecular weight excluding hydrogens is 292 g/mol. The maximum absolute atomic E-state index is 12.1. The van der Waals surface area contributed by atoms with E-state index in [-0.39, 0.29) is 17.9 Å². The van der Waals surface area contributed by atoms with Crippen molar-refractivity contribution in [1.82, 2.24) is 10.3 Å². The van der Waals surface area contributed by atoms with Crippen LogP contribution in [0.3, 0.4) is 0 Å². The quantitative estimate of drug-likeness (QED) is 0.839. The van der Waals surface area contributed by atoms with Crippen LogP contribution < -0.4 is 10.1 Å². The summed E-state index contributed by atoms with van der Waals surface area (Å²) in [4.78, 5) is 16.4. The number of nitrogens with one attached hydrogen (secondary N) is 1. The summed E-state index contributed by atoms with van der Waals surface area (Å²) in [5.74, 6) is 1.40. The van der Waals surface area contributed by atoms with E-state index in [0.29, 0.717) is 31.6 Å². The van der Waals surface area contributed by atoms with Crippen molar-refractivity contribution in [2.75, 3.05) is 13.2 Å². The Morgan fingerprint density at radius 3 is 2.83 bits per heavy atom. The molecule has 2 heterocycles. The van der Waals surface area contributed by atoms with Crippen LogP contribution in [0.5, 0.6) is 5.88 Å². The molecule has 1 atom stereocenters. The summed E-state index contributed by atoms with van der Waals surface area (Å²) in [6, 6.07) is 3.81. The number of ether oxygens (including phenoxy) is 2. The Bertz CT molecular complexity index is 499. The zero-order valence-electron chi connectivity index (χ0n) is 14.4. The van der Waals surface area contributed by atoms with Gasteiger partial charge in [0.05, 0.1) is 6.10 Å². The van der Waals surface area contributed by atoms with Gasteiger partial charge in [0.2, 0.25) is 11.8 Å². The van der Waals surface area contributed by atoms with Crippen molar-refractivity contribution in [3.8, 4) is 5.88 Å². The number of amides is 1. The molecule has 0 aromatic carbocycles. The van der Waals surface area contributed by atoms with Crippen LogP contribution in [-0.4, -0.2) is 30.2 Å². The number of carbonyl (C=O) groups is 1. The van der Waals surface area contributed by atoms with Crippen LogP contribution in [0.4, 0.5) is 0 Å². The molecule has 2 rings (SSSR count). The number of carbonyl (C=O) groups excluding carboxylic acids is 1. The average Bonchev–Trinajstić information content (AvgIpc) is 2.53. The highest BCUT2D eigenvalue weighted by molar-refractivity contribution is 5.78. The minimum Gasteiger partial charge on any atom is -0.475 e. The van der Waals surface area contributed by atoms with E-state index in [1.165, 1.54) is 0 Å². The van der Waals surface area contributed by atoms with Crippen LogP contribution in [0, 0.1) is 11.8 Å². The van der Waals surface area contributed by atoms with E-state index in [9.17, 15) is 4.79 Å². The first kappa shape index (κ1) is 17.7. The summed E-state index contributed by atoms with van der Waals surface area (Å²) < 4.78 is 11.1. The van der Waals surface area contributed by atoms with Gasteiger partial charge in [-0.3, -0.25) is 4.79 Å². The Kier molecular flexibility index (Phi) is 6.84. The van der Waals surface area contributed by atoms with Crippen LogP contribution >= 0.6 is 0 Å². The van der Waals surface area contributed by atoms with Gasteiger partial charge < -0.3 is 14.8 Å². The summed E-state index contributed by atoms with van der Waals surface area (Å²) in [5, 5.41) is 3.00. The molecule has 1 N–H and O–H groups in total. The molecule has 23 heavy (non-hydrogen) atoms. The lowest BCUT2D eigenvalue weighted by Gasteiger charge is -2.21. The molecule has 1 aromatic rings. The van der Waals surface area contributed by atoms with E-state index in [1.807, 2.05) is 12.1 Å². The summed E-state index contributed by atoms with van der Waals surface area (Å²) in [7, 11) is 0. The SMILES string of the molecule is CC(C)C[C@@H](C)Oc1cc(CNC(=O)C2CCOCC2)ccn1. The maximum Gasteiger partial charge on any atom is 0.223 e. The van der Waals surface area contributed by atoms with Crippen molar-refractivity contribution in [3.05, 3.63) is 23.9 Å². The molecule has 0 bridgehead atoms. The highest BCUT2D eigenvalue weighted by atomic mass is 16.5. The number of pyridine rings is 1. The third kappa shape index (κ3) is 6.18. The monoisotopic (exact) mass is 320 g/mol. The molecule has 1 aliphatic heterocycles. The molecule has 1 saturated heterocycles. The van der Waals surface area contributed by atoms with Gasteiger partial charge in [0.25, 0.3) is 0 Å². The predicted molar refractivity (Wildman–Crippen MR) is 89.2 cm³/mol. The first-order chi connectivity index (χ1) is 11.0. The third-order valence-electron chi connectivity index (χ3n) is 3.98. The molecule has 1 fully saturated rings. The maximum atomic E-state index is 12.1. The Labute approximate surface area is 138 Å². The number of nitrogens with zero attached hydrogens (tertiary/aromatic N) is 1. The van der Waals surface area contributed by atoms with E-state index >= 15 is 0 Å². The van der Waals surface area contributed by atoms with Gasteiger partial charge in [-0.25, -0.2) is 4.98 Å². The van der Waals surface area contributed by atoms with Gasteiger partial charge in [-0.1, -0.05) is 13.8 Å². The van der Waals surface area contributed by atoms with E-state index < -0.39 is 0 Å². The summed E-state index contributed by atoms with van der Waals surface area (Å²) in [6.45, 7) is 8.28. The summed E-state index contributed by atoms with van der Waals surface area (Å²) in [5.41, 5.74) is 1.01. The predicted octanol–water partition coefficient (Wildman–Crippen LogP) is 2.94. The zero-order chi connectivity index (χ0) is 16.7. The average molecular weight is 320 g/mol. The van der Waals surface area contributed by atoms with Crippen LogP contribution in [-0.2, 0) is 16.1 Å². The fraction of sp³-hybridized carbons (Fsp3) is 0.667. The van der Waals surface area contributed by atoms with Crippen molar-refractivity contribution in [2.45, 2.75) is 52.7 Å². The smallest absolute Gasteiger partial charge is 0.223 e. The lowest BCUT2D eigenvalue weighted by atomic mass is 9.99. The third-order valence-corrected chi connectivity index (χ3v) is 3.98. The normalized spacial score (nSPS) is 17.0. The van der Waals surface area contributed by atoms with Gasteiger partial charge in [-0.15, -0.1) is 0 Å². The molecule has 0 saturated carbocycles. The number of hydrogen-bond donors (Lipinski definition) is 1. The summed E-state index contributed by atoms with van der Waals surface area (Å²) >= 11 is 0. The van der Waals surface area contributed by atoms with Gasteiger partial charge in [0, 0.05) is 37.9 Å². The minimum absolute atomic E-state index is 0.0763. The Morgan fingerprint density at radius 1 is 1.39 bits per heavy atom. The molecule has 0 aliphatic carbocycles. The van der Waals surface area contributed by atoms with Crippen LogP contribution in [0.1, 0.15) is 45.6 Å². The molecular formula is C18H28N2O3.